The number of anilines is 1. The van der Waals surface area contributed by atoms with Crippen LogP contribution in [0, 0.1) is 10.1 Å². The monoisotopic (exact) mass is 284 g/mol. The summed E-state index contributed by atoms with van der Waals surface area (Å²) in [6.07, 6.45) is 3.06. The van der Waals surface area contributed by atoms with Gasteiger partial charge in [0.05, 0.1) is 17.1 Å². The fraction of sp³-hybridized carbons (Fsp3) is 0.538. The van der Waals surface area contributed by atoms with Crippen molar-refractivity contribution in [3.8, 4) is 0 Å². The van der Waals surface area contributed by atoms with Gasteiger partial charge in [-0.2, -0.15) is 11.8 Å². The molecule has 0 bridgehead atoms. The van der Waals surface area contributed by atoms with E-state index in [9.17, 15) is 15.2 Å². The number of aliphatic hydroxyl groups excluding tert-OH is 1. The largest absolute Gasteiger partial charge is 0.391 e. The highest BCUT2D eigenvalue weighted by Crippen LogP contribution is 2.26. The molecule has 0 radical (unpaired) electrons. The molecule has 1 aromatic rings. The first-order valence-corrected chi connectivity index (χ1v) is 7.54. The molecule has 0 saturated heterocycles. The normalized spacial score (nSPS) is 12.2. The number of nitro benzene ring substituents is 1. The molecule has 0 amide bonds. The highest BCUT2D eigenvalue weighted by Gasteiger charge is 2.17. The van der Waals surface area contributed by atoms with Crippen LogP contribution in [-0.4, -0.2) is 35.1 Å². The third kappa shape index (κ3) is 3.84. The van der Waals surface area contributed by atoms with Crippen LogP contribution in [0.1, 0.15) is 18.9 Å². The molecule has 0 spiro atoms. The van der Waals surface area contributed by atoms with Gasteiger partial charge in [-0.25, -0.2) is 0 Å². The van der Waals surface area contributed by atoms with Crippen LogP contribution in [0.3, 0.4) is 0 Å². The Balaban J connectivity index is 3.04. The number of hydrogen-bond donors (Lipinski definition) is 1. The number of thioether (sulfide) groups is 1. The highest BCUT2D eigenvalue weighted by atomic mass is 32.2. The van der Waals surface area contributed by atoms with E-state index in [1.807, 2.05) is 7.05 Å². The molecule has 0 aliphatic heterocycles. The van der Waals surface area contributed by atoms with Crippen molar-refractivity contribution in [1.29, 1.82) is 0 Å². The molecule has 0 aliphatic carbocycles. The third-order valence-electron chi connectivity index (χ3n) is 3.22. The lowest BCUT2D eigenvalue weighted by Crippen LogP contribution is -2.33. The Bertz CT molecular complexity index is 440. The van der Waals surface area contributed by atoms with Crippen molar-refractivity contribution in [2.75, 3.05) is 24.0 Å². The van der Waals surface area contributed by atoms with Gasteiger partial charge in [-0.15, -0.1) is 0 Å². The predicted octanol–water partition coefficient (Wildman–Crippen LogP) is 2.66. The molecule has 1 rings (SSSR count). The summed E-state index contributed by atoms with van der Waals surface area (Å²) in [5.41, 5.74) is 1.22. The van der Waals surface area contributed by atoms with Crippen LogP contribution in [0.15, 0.2) is 18.2 Å². The van der Waals surface area contributed by atoms with Gasteiger partial charge < -0.3 is 10.0 Å². The van der Waals surface area contributed by atoms with E-state index in [-0.39, 0.29) is 12.3 Å². The molecule has 0 saturated carbocycles. The van der Waals surface area contributed by atoms with Crippen LogP contribution in [0.4, 0.5) is 11.4 Å². The smallest absolute Gasteiger partial charge is 0.275 e. The second-order valence-corrected chi connectivity index (χ2v) is 5.27. The molecular formula is C13H20N2O3S. The van der Waals surface area contributed by atoms with Crippen LogP contribution >= 0.6 is 11.8 Å². The van der Waals surface area contributed by atoms with Gasteiger partial charge in [0.2, 0.25) is 0 Å². The summed E-state index contributed by atoms with van der Waals surface area (Å²) < 4.78 is 0. The lowest BCUT2D eigenvalue weighted by atomic mass is 10.1. The summed E-state index contributed by atoms with van der Waals surface area (Å²) >= 11 is 1.78. The molecule has 0 fully saturated rings. The fourth-order valence-electron chi connectivity index (χ4n) is 2.00. The van der Waals surface area contributed by atoms with Gasteiger partial charge in [0.15, 0.2) is 0 Å². The summed E-state index contributed by atoms with van der Waals surface area (Å²) in [5.74, 6) is 0.998. The summed E-state index contributed by atoms with van der Waals surface area (Å²) in [5, 5.41) is 20.1. The Labute approximate surface area is 117 Å². The van der Waals surface area contributed by atoms with E-state index >= 15 is 0 Å². The number of rotatable bonds is 7. The summed E-state index contributed by atoms with van der Waals surface area (Å²) in [6.45, 7) is 1.80. The lowest BCUT2D eigenvalue weighted by Gasteiger charge is -2.29. The summed E-state index contributed by atoms with van der Waals surface area (Å²) in [4.78, 5) is 12.5. The average molecular weight is 284 g/mol. The van der Waals surface area contributed by atoms with Gasteiger partial charge in [-0.1, -0.05) is 6.92 Å². The van der Waals surface area contributed by atoms with Gasteiger partial charge in [0.25, 0.3) is 5.69 Å². The molecule has 0 aromatic heterocycles. The van der Waals surface area contributed by atoms with Gasteiger partial charge in [0.1, 0.15) is 0 Å². The van der Waals surface area contributed by atoms with E-state index in [0.717, 1.165) is 17.9 Å². The molecule has 5 nitrogen and oxygen atoms in total. The second-order valence-electron chi connectivity index (χ2n) is 4.36. The zero-order chi connectivity index (χ0) is 14.4. The molecule has 1 aromatic carbocycles. The highest BCUT2D eigenvalue weighted by molar-refractivity contribution is 7.98. The van der Waals surface area contributed by atoms with E-state index in [2.05, 4.69) is 18.1 Å². The van der Waals surface area contributed by atoms with Crippen molar-refractivity contribution in [1.82, 2.24) is 0 Å². The van der Waals surface area contributed by atoms with Crippen LogP contribution in [0.25, 0.3) is 0 Å². The SMILES string of the molecule is CCC(CSC)N(C)c1ccc([N+](=O)[O-])c(CO)c1. The Morgan fingerprint density at radius 1 is 1.53 bits per heavy atom. The van der Waals surface area contributed by atoms with E-state index in [1.165, 1.54) is 6.07 Å². The number of nitro groups is 1. The number of benzene rings is 1. The number of hydrogen-bond acceptors (Lipinski definition) is 5. The zero-order valence-corrected chi connectivity index (χ0v) is 12.3. The Kier molecular flexibility index (Phi) is 6.11. The van der Waals surface area contributed by atoms with Gasteiger partial charge in [-0.05, 0) is 24.8 Å². The molecule has 1 N–H and O–H groups in total. The van der Waals surface area contributed by atoms with Gasteiger partial charge in [-0.3, -0.25) is 10.1 Å². The lowest BCUT2D eigenvalue weighted by molar-refractivity contribution is -0.385. The summed E-state index contributed by atoms with van der Waals surface area (Å²) in [6, 6.07) is 5.27. The molecule has 106 valence electrons. The minimum absolute atomic E-state index is 0.0300. The minimum atomic E-state index is -0.464. The van der Waals surface area contributed by atoms with Crippen LogP contribution in [0.5, 0.6) is 0 Å². The van der Waals surface area contributed by atoms with E-state index in [1.54, 1.807) is 23.9 Å². The molecule has 0 aliphatic rings. The maximum atomic E-state index is 10.8. The van der Waals surface area contributed by atoms with Crippen molar-refractivity contribution in [2.24, 2.45) is 0 Å². The first-order valence-electron chi connectivity index (χ1n) is 6.15. The Morgan fingerprint density at radius 2 is 2.21 bits per heavy atom. The number of nitrogens with zero attached hydrogens (tertiary/aromatic N) is 2. The van der Waals surface area contributed by atoms with Crippen molar-refractivity contribution in [3.05, 3.63) is 33.9 Å². The van der Waals surface area contributed by atoms with Crippen LogP contribution in [0.2, 0.25) is 0 Å². The Morgan fingerprint density at radius 3 is 2.68 bits per heavy atom. The first-order chi connectivity index (χ1) is 9.04. The van der Waals surface area contributed by atoms with Crippen molar-refractivity contribution < 1.29 is 10.0 Å². The second kappa shape index (κ2) is 7.35. The molecule has 19 heavy (non-hydrogen) atoms. The van der Waals surface area contributed by atoms with Gasteiger partial charge in [0, 0.05) is 30.6 Å². The standard InChI is InChI=1S/C13H20N2O3S/c1-4-11(9-19-3)14(2)12-5-6-13(15(17)18)10(7-12)8-16/h5-7,11,16H,4,8-9H2,1-3H3. The number of aliphatic hydroxyl groups is 1. The molecule has 1 unspecified atom stereocenters. The van der Waals surface area contributed by atoms with Crippen molar-refractivity contribution in [3.63, 3.8) is 0 Å². The molecular weight excluding hydrogens is 264 g/mol. The maximum absolute atomic E-state index is 10.8. The van der Waals surface area contributed by atoms with Crippen molar-refractivity contribution >= 4 is 23.1 Å². The first kappa shape index (κ1) is 15.8. The average Bonchev–Trinajstić information content (AvgIpc) is 2.43. The fourth-order valence-corrected chi connectivity index (χ4v) is 2.85. The molecule has 0 heterocycles. The predicted molar refractivity (Wildman–Crippen MR) is 79.9 cm³/mol. The maximum Gasteiger partial charge on any atom is 0.275 e. The summed E-state index contributed by atoms with van der Waals surface area (Å²) in [7, 11) is 1.98. The third-order valence-corrected chi connectivity index (χ3v) is 3.93. The minimum Gasteiger partial charge on any atom is -0.391 e. The molecule has 6 heteroatoms. The Hall–Kier alpha value is -1.27. The molecule has 1 atom stereocenters. The quantitative estimate of drug-likeness (QED) is 0.616. The van der Waals surface area contributed by atoms with Gasteiger partial charge >= 0.3 is 0 Å². The van der Waals surface area contributed by atoms with Crippen LogP contribution in [-0.2, 0) is 6.61 Å². The zero-order valence-electron chi connectivity index (χ0n) is 11.5. The van der Waals surface area contributed by atoms with E-state index in [4.69, 9.17) is 0 Å². The van der Waals surface area contributed by atoms with E-state index in [0.29, 0.717) is 11.6 Å². The van der Waals surface area contributed by atoms with E-state index < -0.39 is 4.92 Å². The van der Waals surface area contributed by atoms with Crippen molar-refractivity contribution in [2.45, 2.75) is 26.0 Å². The topological polar surface area (TPSA) is 66.6 Å². The van der Waals surface area contributed by atoms with Crippen LogP contribution < -0.4 is 4.90 Å².